The number of aliphatic carboxylic acids is 1. The molecule has 21 heavy (non-hydrogen) atoms. The molecule has 1 fully saturated rings. The zero-order chi connectivity index (χ0) is 15.6. The smallest absolute Gasteiger partial charge is 0.317 e. The number of carboxylic acid groups (broad SMARTS) is 1. The molecule has 116 valence electrons. The molecule has 1 atom stereocenters. The minimum Gasteiger partial charge on any atom is -0.508 e. The summed E-state index contributed by atoms with van der Waals surface area (Å²) >= 11 is 0. The molecule has 2 rings (SSSR count). The van der Waals surface area contributed by atoms with Crippen LogP contribution in [0.25, 0.3) is 0 Å². The van der Waals surface area contributed by atoms with E-state index >= 15 is 0 Å². The van der Waals surface area contributed by atoms with Gasteiger partial charge in [-0.1, -0.05) is 6.07 Å². The maximum Gasteiger partial charge on any atom is 0.317 e. The molecule has 1 aliphatic rings. The van der Waals surface area contributed by atoms with Gasteiger partial charge in [-0.15, -0.1) is 0 Å². The SMILES string of the molecule is O=C(O)CN(Cc1ccc(O)cc1O)C1CCS(=O)(=O)C1. The third-order valence-electron chi connectivity index (χ3n) is 3.51. The molecule has 0 bridgehead atoms. The second-order valence-corrected chi connectivity index (χ2v) is 7.40. The van der Waals surface area contributed by atoms with Gasteiger partial charge in [-0.25, -0.2) is 8.42 Å². The van der Waals surface area contributed by atoms with E-state index in [1.54, 1.807) is 0 Å². The van der Waals surface area contributed by atoms with Crippen molar-refractivity contribution in [3.8, 4) is 11.5 Å². The minimum absolute atomic E-state index is 0.0509. The van der Waals surface area contributed by atoms with E-state index in [4.69, 9.17) is 5.11 Å². The van der Waals surface area contributed by atoms with Crippen LogP contribution in [-0.4, -0.2) is 58.7 Å². The number of nitrogens with zero attached hydrogens (tertiary/aromatic N) is 1. The Morgan fingerprint density at radius 3 is 2.57 bits per heavy atom. The highest BCUT2D eigenvalue weighted by Gasteiger charge is 2.33. The molecular formula is C13H17NO6S. The van der Waals surface area contributed by atoms with Gasteiger partial charge in [0.25, 0.3) is 0 Å². The lowest BCUT2D eigenvalue weighted by Crippen LogP contribution is -2.39. The second kappa shape index (κ2) is 5.90. The first-order chi connectivity index (χ1) is 9.77. The molecule has 0 aliphatic carbocycles. The van der Waals surface area contributed by atoms with E-state index in [0.717, 1.165) is 0 Å². The van der Waals surface area contributed by atoms with E-state index in [9.17, 15) is 23.4 Å². The molecule has 0 saturated carbocycles. The van der Waals surface area contributed by atoms with Crippen LogP contribution < -0.4 is 0 Å². The summed E-state index contributed by atoms with van der Waals surface area (Å²) in [5, 5.41) is 28.0. The van der Waals surface area contributed by atoms with Gasteiger partial charge in [0.2, 0.25) is 0 Å². The summed E-state index contributed by atoms with van der Waals surface area (Å²) in [5.41, 5.74) is 0.443. The van der Waals surface area contributed by atoms with Crippen LogP contribution >= 0.6 is 0 Å². The van der Waals surface area contributed by atoms with Crippen LogP contribution in [0.15, 0.2) is 18.2 Å². The average Bonchev–Trinajstić information content (AvgIpc) is 2.71. The first kappa shape index (κ1) is 15.6. The summed E-state index contributed by atoms with van der Waals surface area (Å²) in [7, 11) is -3.12. The van der Waals surface area contributed by atoms with Crippen LogP contribution in [0.1, 0.15) is 12.0 Å². The Morgan fingerprint density at radius 2 is 2.05 bits per heavy atom. The van der Waals surface area contributed by atoms with Gasteiger partial charge in [-0.3, -0.25) is 9.69 Å². The monoisotopic (exact) mass is 315 g/mol. The highest BCUT2D eigenvalue weighted by Crippen LogP contribution is 2.26. The molecule has 0 amide bonds. The van der Waals surface area contributed by atoms with Crippen molar-refractivity contribution < 1.29 is 28.5 Å². The summed E-state index contributed by atoms with van der Waals surface area (Å²) in [6.07, 6.45) is 0.383. The molecule has 1 heterocycles. The third kappa shape index (κ3) is 4.08. The molecule has 0 spiro atoms. The van der Waals surface area contributed by atoms with Gasteiger partial charge in [0.1, 0.15) is 11.5 Å². The Labute approximate surface area is 122 Å². The average molecular weight is 315 g/mol. The largest absolute Gasteiger partial charge is 0.508 e. The highest BCUT2D eigenvalue weighted by molar-refractivity contribution is 7.91. The molecule has 1 unspecified atom stereocenters. The van der Waals surface area contributed by atoms with E-state index in [0.29, 0.717) is 12.0 Å². The maximum absolute atomic E-state index is 11.5. The first-order valence-corrected chi connectivity index (χ1v) is 8.26. The number of phenolic OH excluding ortho intramolecular Hbond substituents is 2. The summed E-state index contributed by atoms with van der Waals surface area (Å²) < 4.78 is 23.1. The van der Waals surface area contributed by atoms with Gasteiger partial charge in [0.05, 0.1) is 18.1 Å². The number of carbonyl (C=O) groups is 1. The molecule has 0 radical (unpaired) electrons. The van der Waals surface area contributed by atoms with E-state index in [1.807, 2.05) is 0 Å². The lowest BCUT2D eigenvalue weighted by Gasteiger charge is -2.26. The van der Waals surface area contributed by atoms with Crippen molar-refractivity contribution in [2.24, 2.45) is 0 Å². The number of hydrogen-bond donors (Lipinski definition) is 3. The topological polar surface area (TPSA) is 115 Å². The Kier molecular flexibility index (Phi) is 4.38. The molecule has 8 heteroatoms. The van der Waals surface area contributed by atoms with Crippen molar-refractivity contribution >= 4 is 15.8 Å². The summed E-state index contributed by atoms with van der Waals surface area (Å²) in [6.45, 7) is -0.195. The van der Waals surface area contributed by atoms with Gasteiger partial charge in [-0.05, 0) is 12.5 Å². The van der Waals surface area contributed by atoms with Crippen LogP contribution in [0.4, 0.5) is 0 Å². The van der Waals surface area contributed by atoms with Gasteiger partial charge in [0.15, 0.2) is 9.84 Å². The van der Waals surface area contributed by atoms with Gasteiger partial charge < -0.3 is 15.3 Å². The van der Waals surface area contributed by atoms with Crippen LogP contribution in [0.2, 0.25) is 0 Å². The van der Waals surface area contributed by atoms with Crippen molar-refractivity contribution in [2.75, 3.05) is 18.1 Å². The van der Waals surface area contributed by atoms with Crippen molar-refractivity contribution in [2.45, 2.75) is 19.0 Å². The number of hydrogen-bond acceptors (Lipinski definition) is 6. The summed E-state index contributed by atoms with van der Waals surface area (Å²) in [4.78, 5) is 12.5. The number of aromatic hydroxyl groups is 2. The fourth-order valence-corrected chi connectivity index (χ4v) is 4.22. The van der Waals surface area contributed by atoms with Gasteiger partial charge >= 0.3 is 5.97 Å². The van der Waals surface area contributed by atoms with Crippen LogP contribution in [-0.2, 0) is 21.2 Å². The van der Waals surface area contributed by atoms with E-state index in [1.165, 1.54) is 23.1 Å². The third-order valence-corrected chi connectivity index (χ3v) is 5.26. The van der Waals surface area contributed by atoms with E-state index < -0.39 is 15.8 Å². The zero-order valence-corrected chi connectivity index (χ0v) is 12.1. The van der Waals surface area contributed by atoms with Crippen molar-refractivity contribution in [3.05, 3.63) is 23.8 Å². The lowest BCUT2D eigenvalue weighted by molar-refractivity contribution is -0.139. The molecule has 3 N–H and O–H groups in total. The maximum atomic E-state index is 11.5. The quantitative estimate of drug-likeness (QED) is 0.709. The Balaban J connectivity index is 2.18. The molecular weight excluding hydrogens is 298 g/mol. The van der Waals surface area contributed by atoms with Crippen LogP contribution in [0.3, 0.4) is 0 Å². The normalized spacial score (nSPS) is 20.7. The molecule has 1 aromatic rings. The number of phenols is 2. The molecule has 1 aliphatic heterocycles. The molecule has 1 aromatic carbocycles. The highest BCUT2D eigenvalue weighted by atomic mass is 32.2. The Bertz CT molecular complexity index is 642. The number of rotatable bonds is 5. The summed E-state index contributed by atoms with van der Waals surface area (Å²) in [5.74, 6) is -1.32. The van der Waals surface area contributed by atoms with Gasteiger partial charge in [-0.2, -0.15) is 0 Å². The van der Waals surface area contributed by atoms with Gasteiger partial charge in [0, 0.05) is 24.2 Å². The van der Waals surface area contributed by atoms with Crippen LogP contribution in [0.5, 0.6) is 11.5 Å². The molecule has 0 aromatic heterocycles. The standard InChI is InChI=1S/C13H17NO6S/c15-11-2-1-9(12(16)5-11)6-14(7-13(17)18)10-3-4-21(19,20)8-10/h1-2,5,10,15-16H,3-4,6-8H2,(H,17,18). The minimum atomic E-state index is -3.12. The number of carboxylic acids is 1. The van der Waals surface area contributed by atoms with E-state index in [-0.39, 0.29) is 42.1 Å². The van der Waals surface area contributed by atoms with Crippen molar-refractivity contribution in [1.29, 1.82) is 0 Å². The number of benzene rings is 1. The van der Waals surface area contributed by atoms with Crippen molar-refractivity contribution in [1.82, 2.24) is 4.90 Å². The fraction of sp³-hybridized carbons (Fsp3) is 0.462. The lowest BCUT2D eigenvalue weighted by atomic mass is 10.1. The van der Waals surface area contributed by atoms with E-state index in [2.05, 4.69) is 0 Å². The van der Waals surface area contributed by atoms with Crippen LogP contribution in [0, 0.1) is 0 Å². The second-order valence-electron chi connectivity index (χ2n) is 5.17. The Hall–Kier alpha value is -1.80. The predicted molar refractivity (Wildman–Crippen MR) is 74.9 cm³/mol. The molecule has 7 nitrogen and oxygen atoms in total. The zero-order valence-electron chi connectivity index (χ0n) is 11.3. The fourth-order valence-electron chi connectivity index (χ4n) is 2.46. The molecule has 1 saturated heterocycles. The Morgan fingerprint density at radius 1 is 1.33 bits per heavy atom. The summed E-state index contributed by atoms with van der Waals surface area (Å²) in [6, 6.07) is 3.67. The predicted octanol–water partition coefficient (Wildman–Crippen LogP) is 0.171. The van der Waals surface area contributed by atoms with Crippen molar-refractivity contribution in [3.63, 3.8) is 0 Å². The first-order valence-electron chi connectivity index (χ1n) is 6.44. The number of sulfone groups is 1.